The van der Waals surface area contributed by atoms with E-state index in [-0.39, 0.29) is 0 Å². The normalized spacial score (nSPS) is 9.00. The molecule has 1 aromatic rings. The van der Waals surface area contributed by atoms with Crippen molar-refractivity contribution in [3.63, 3.8) is 0 Å². The zero-order valence-corrected chi connectivity index (χ0v) is 6.17. The average molecular weight is 184 g/mol. The molecule has 0 aliphatic carbocycles. The maximum Gasteiger partial charge on any atom is 0.0407 e. The van der Waals surface area contributed by atoms with Crippen LogP contribution < -0.4 is 0 Å². The summed E-state index contributed by atoms with van der Waals surface area (Å²) in [5.41, 5.74) is 8.83. The van der Waals surface area contributed by atoms with Crippen LogP contribution in [0, 0.1) is 0 Å². The minimum absolute atomic E-state index is 0.560. The lowest BCUT2D eigenvalue weighted by molar-refractivity contribution is 1.48. The van der Waals surface area contributed by atoms with E-state index in [1.807, 2.05) is 6.07 Å². The van der Waals surface area contributed by atoms with E-state index in [0.29, 0.717) is 5.69 Å². The van der Waals surface area contributed by atoms with E-state index in [1.54, 1.807) is 18.2 Å². The van der Waals surface area contributed by atoms with Crippen LogP contribution in [0.2, 0.25) is 0 Å². The first-order valence-corrected chi connectivity index (χ1v) is 3.23. The van der Waals surface area contributed by atoms with E-state index in [9.17, 15) is 0 Å². The molecule has 0 atom stereocenters. The largest absolute Gasteiger partial charge is 0.706 e. The molecule has 9 heavy (non-hydrogen) atoms. The minimum atomic E-state index is 0.560. The first kappa shape index (κ1) is 6.42. The second-order valence-corrected chi connectivity index (χ2v) is 2.50. The summed E-state index contributed by atoms with van der Waals surface area (Å²) in [6.45, 7) is 0. The van der Waals surface area contributed by atoms with Crippen molar-refractivity contribution in [2.45, 2.75) is 0 Å². The molecule has 0 unspecified atom stereocenters. The molecule has 0 radical (unpaired) electrons. The molecule has 0 fully saturated rings. The van der Waals surface area contributed by atoms with Gasteiger partial charge in [0.2, 0.25) is 0 Å². The van der Waals surface area contributed by atoms with Gasteiger partial charge in [0.25, 0.3) is 0 Å². The van der Waals surface area contributed by atoms with Crippen molar-refractivity contribution in [1.29, 1.82) is 0 Å². The summed E-state index contributed by atoms with van der Waals surface area (Å²) >= 11 is 3.23. The SMILES string of the molecule is [N-]=Nc1cccc(Br)c1. The van der Waals surface area contributed by atoms with Crippen LogP contribution in [-0.4, -0.2) is 0 Å². The molecule has 3 heteroatoms. The number of rotatable bonds is 1. The number of halogens is 1. The number of nitrogens with zero attached hydrogens (tertiary/aromatic N) is 2. The van der Waals surface area contributed by atoms with Crippen LogP contribution in [-0.2, 0) is 0 Å². The van der Waals surface area contributed by atoms with Crippen molar-refractivity contribution < 1.29 is 0 Å². The highest BCUT2D eigenvalue weighted by atomic mass is 79.9. The van der Waals surface area contributed by atoms with E-state index in [0.717, 1.165) is 4.47 Å². The van der Waals surface area contributed by atoms with Crippen molar-refractivity contribution in [1.82, 2.24) is 0 Å². The quantitative estimate of drug-likeness (QED) is 0.601. The summed E-state index contributed by atoms with van der Waals surface area (Å²) in [6.07, 6.45) is 0. The van der Waals surface area contributed by atoms with Crippen LogP contribution in [0.5, 0.6) is 0 Å². The van der Waals surface area contributed by atoms with E-state index in [2.05, 4.69) is 21.0 Å². The number of hydrogen-bond acceptors (Lipinski definition) is 1. The molecule has 0 N–H and O–H groups in total. The summed E-state index contributed by atoms with van der Waals surface area (Å²) in [6, 6.07) is 7.11. The Labute approximate surface area is 61.5 Å². The highest BCUT2D eigenvalue weighted by Gasteiger charge is 1.84. The fourth-order valence-corrected chi connectivity index (χ4v) is 0.925. The van der Waals surface area contributed by atoms with Gasteiger partial charge >= 0.3 is 0 Å². The van der Waals surface area contributed by atoms with E-state index >= 15 is 0 Å². The molecule has 0 saturated carbocycles. The predicted octanol–water partition coefficient (Wildman–Crippen LogP) is 3.10. The third-order valence-corrected chi connectivity index (χ3v) is 1.42. The summed E-state index contributed by atoms with van der Waals surface area (Å²) in [5, 5.41) is 3.00. The Bertz CT molecular complexity index is 222. The molecule has 1 aromatic carbocycles. The molecule has 0 heterocycles. The van der Waals surface area contributed by atoms with Gasteiger partial charge in [-0.25, -0.2) is 0 Å². The van der Waals surface area contributed by atoms with Crippen LogP contribution >= 0.6 is 15.9 Å². The molecular formula is C6H4BrN2-. The van der Waals surface area contributed by atoms with E-state index < -0.39 is 0 Å². The third kappa shape index (κ3) is 1.61. The monoisotopic (exact) mass is 183 g/mol. The highest BCUT2D eigenvalue weighted by Crippen LogP contribution is 2.17. The summed E-state index contributed by atoms with van der Waals surface area (Å²) in [5.74, 6) is 0. The Morgan fingerprint density at radius 1 is 1.44 bits per heavy atom. The van der Waals surface area contributed by atoms with Gasteiger partial charge < -0.3 is 10.6 Å². The van der Waals surface area contributed by atoms with Gasteiger partial charge in [-0.3, -0.25) is 0 Å². The summed E-state index contributed by atoms with van der Waals surface area (Å²) < 4.78 is 0.915. The Kier molecular flexibility index (Phi) is 1.95. The van der Waals surface area contributed by atoms with Crippen LogP contribution in [0.15, 0.2) is 33.9 Å². The van der Waals surface area contributed by atoms with Gasteiger partial charge in [0, 0.05) is 10.2 Å². The Morgan fingerprint density at radius 3 is 2.67 bits per heavy atom. The number of hydrogen-bond donors (Lipinski definition) is 0. The molecular weight excluding hydrogens is 180 g/mol. The zero-order valence-electron chi connectivity index (χ0n) is 4.58. The van der Waals surface area contributed by atoms with Gasteiger partial charge in [-0.05, 0) is 18.2 Å². The lowest BCUT2D eigenvalue weighted by atomic mass is 10.3. The van der Waals surface area contributed by atoms with Gasteiger partial charge in [-0.15, -0.1) is 0 Å². The predicted molar refractivity (Wildman–Crippen MR) is 39.6 cm³/mol. The van der Waals surface area contributed by atoms with Crippen molar-refractivity contribution in [2.75, 3.05) is 0 Å². The van der Waals surface area contributed by atoms with Gasteiger partial charge in [0.1, 0.15) is 0 Å². The molecule has 0 amide bonds. The van der Waals surface area contributed by atoms with Gasteiger partial charge in [-0.2, -0.15) is 0 Å². The Morgan fingerprint density at radius 2 is 2.22 bits per heavy atom. The molecule has 2 nitrogen and oxygen atoms in total. The minimum Gasteiger partial charge on any atom is -0.706 e. The van der Waals surface area contributed by atoms with E-state index in [4.69, 9.17) is 5.53 Å². The molecule has 0 saturated heterocycles. The van der Waals surface area contributed by atoms with Crippen LogP contribution in [0.4, 0.5) is 5.69 Å². The molecule has 0 aliphatic heterocycles. The number of benzene rings is 1. The van der Waals surface area contributed by atoms with Crippen molar-refractivity contribution >= 4 is 21.6 Å². The Hall–Kier alpha value is -0.700. The maximum absolute atomic E-state index is 8.27. The Balaban J connectivity index is 3.07. The second-order valence-electron chi connectivity index (χ2n) is 1.58. The molecule has 46 valence electrons. The maximum atomic E-state index is 8.27. The molecule has 0 aliphatic rings. The standard InChI is InChI=1S/C6H4BrN2/c7-5-2-1-3-6(4-5)9-8/h1-4H/q-1. The van der Waals surface area contributed by atoms with Gasteiger partial charge in [0.15, 0.2) is 0 Å². The van der Waals surface area contributed by atoms with Crippen LogP contribution in [0.3, 0.4) is 0 Å². The third-order valence-electron chi connectivity index (χ3n) is 0.924. The average Bonchev–Trinajstić information content (AvgIpc) is 1.88. The van der Waals surface area contributed by atoms with Crippen LogP contribution in [0.25, 0.3) is 5.53 Å². The fraction of sp³-hybridized carbons (Fsp3) is 0. The smallest absolute Gasteiger partial charge is 0.0407 e. The summed E-state index contributed by atoms with van der Waals surface area (Å²) in [7, 11) is 0. The molecule has 1 rings (SSSR count). The van der Waals surface area contributed by atoms with Crippen molar-refractivity contribution in [3.05, 3.63) is 34.3 Å². The first-order chi connectivity index (χ1) is 4.33. The van der Waals surface area contributed by atoms with Gasteiger partial charge in [0.05, 0.1) is 0 Å². The molecule has 0 aromatic heterocycles. The second kappa shape index (κ2) is 2.73. The lowest BCUT2D eigenvalue weighted by Crippen LogP contribution is -1.61. The van der Waals surface area contributed by atoms with E-state index in [1.165, 1.54) is 0 Å². The zero-order chi connectivity index (χ0) is 6.69. The van der Waals surface area contributed by atoms with Gasteiger partial charge in [-0.1, -0.05) is 22.0 Å². The molecule has 0 spiro atoms. The highest BCUT2D eigenvalue weighted by molar-refractivity contribution is 9.10. The topological polar surface area (TPSA) is 34.7 Å². The van der Waals surface area contributed by atoms with Crippen molar-refractivity contribution in [3.8, 4) is 0 Å². The summed E-state index contributed by atoms with van der Waals surface area (Å²) in [4.78, 5) is 0. The van der Waals surface area contributed by atoms with Crippen LogP contribution in [0.1, 0.15) is 0 Å². The first-order valence-electron chi connectivity index (χ1n) is 2.43. The van der Waals surface area contributed by atoms with Crippen molar-refractivity contribution in [2.24, 2.45) is 5.11 Å². The lowest BCUT2D eigenvalue weighted by Gasteiger charge is -1.94. The fourth-order valence-electron chi connectivity index (χ4n) is 0.538. The molecule has 0 bridgehead atoms.